The number of benzene rings is 2. The summed E-state index contributed by atoms with van der Waals surface area (Å²) in [6, 6.07) is 8.81. The molecule has 0 spiro atoms. The standard InChI is InChI=1S/C13H10ClFINO3S/c14-9-4-8(7-18)13(15)12(5-9)21(19,20)17-11-3-1-2-10(16)6-11/h1-6,17-18H,7H2. The normalized spacial score (nSPS) is 11.4. The maximum Gasteiger partial charge on any atom is 0.264 e. The number of hydrogen-bond acceptors (Lipinski definition) is 3. The number of rotatable bonds is 4. The lowest BCUT2D eigenvalue weighted by atomic mass is 10.2. The van der Waals surface area contributed by atoms with Crippen molar-refractivity contribution < 1.29 is 17.9 Å². The summed E-state index contributed by atoms with van der Waals surface area (Å²) in [5.41, 5.74) is 0.136. The van der Waals surface area contributed by atoms with Gasteiger partial charge in [0.2, 0.25) is 0 Å². The molecular formula is C13H10ClFINO3S. The molecule has 0 amide bonds. The van der Waals surface area contributed by atoms with Gasteiger partial charge in [0.05, 0.1) is 6.61 Å². The Bertz CT molecular complexity index is 783. The molecule has 0 fully saturated rings. The van der Waals surface area contributed by atoms with Crippen LogP contribution < -0.4 is 4.72 Å². The largest absolute Gasteiger partial charge is 0.392 e. The summed E-state index contributed by atoms with van der Waals surface area (Å²) in [5, 5.41) is 9.08. The van der Waals surface area contributed by atoms with Crippen LogP contribution in [0.5, 0.6) is 0 Å². The molecule has 2 aromatic carbocycles. The Hall–Kier alpha value is -0.900. The summed E-state index contributed by atoms with van der Waals surface area (Å²) in [4.78, 5) is -0.599. The number of aliphatic hydroxyl groups excluding tert-OH is 1. The highest BCUT2D eigenvalue weighted by molar-refractivity contribution is 14.1. The van der Waals surface area contributed by atoms with E-state index in [1.807, 2.05) is 22.6 Å². The van der Waals surface area contributed by atoms with E-state index in [9.17, 15) is 12.8 Å². The van der Waals surface area contributed by atoms with E-state index in [0.29, 0.717) is 5.69 Å². The zero-order valence-corrected chi connectivity index (χ0v) is 14.2. The fourth-order valence-electron chi connectivity index (χ4n) is 1.69. The van der Waals surface area contributed by atoms with E-state index >= 15 is 0 Å². The highest BCUT2D eigenvalue weighted by Crippen LogP contribution is 2.26. The number of aliphatic hydroxyl groups is 1. The van der Waals surface area contributed by atoms with E-state index in [4.69, 9.17) is 16.7 Å². The average molecular weight is 442 g/mol. The molecular weight excluding hydrogens is 432 g/mol. The molecule has 0 heterocycles. The summed E-state index contributed by atoms with van der Waals surface area (Å²) >= 11 is 7.80. The Morgan fingerprint density at radius 1 is 1.29 bits per heavy atom. The maximum absolute atomic E-state index is 14.1. The van der Waals surface area contributed by atoms with Gasteiger partial charge in [-0.25, -0.2) is 12.8 Å². The van der Waals surface area contributed by atoms with E-state index < -0.39 is 27.3 Å². The van der Waals surface area contributed by atoms with Crippen LogP contribution in [0.3, 0.4) is 0 Å². The molecule has 0 unspecified atom stereocenters. The predicted molar refractivity (Wildman–Crippen MR) is 87.3 cm³/mol. The first-order valence-corrected chi connectivity index (χ1v) is 8.64. The second-order valence-corrected chi connectivity index (χ2v) is 7.48. The molecule has 0 radical (unpaired) electrons. The van der Waals surface area contributed by atoms with Crippen molar-refractivity contribution in [2.45, 2.75) is 11.5 Å². The molecule has 0 saturated carbocycles. The topological polar surface area (TPSA) is 66.4 Å². The van der Waals surface area contributed by atoms with Gasteiger partial charge in [0.15, 0.2) is 0 Å². The van der Waals surface area contributed by atoms with Gasteiger partial charge in [0, 0.05) is 19.8 Å². The molecule has 4 nitrogen and oxygen atoms in total. The number of anilines is 1. The Kier molecular flexibility index (Phi) is 5.07. The van der Waals surface area contributed by atoms with Crippen LogP contribution in [0.15, 0.2) is 41.3 Å². The van der Waals surface area contributed by atoms with Crippen LogP contribution in [-0.2, 0) is 16.6 Å². The second-order valence-electron chi connectivity index (χ2n) is 4.15. The molecule has 0 aromatic heterocycles. The van der Waals surface area contributed by atoms with Gasteiger partial charge < -0.3 is 5.11 Å². The van der Waals surface area contributed by atoms with Crippen molar-refractivity contribution in [3.05, 3.63) is 56.4 Å². The average Bonchev–Trinajstić information content (AvgIpc) is 2.40. The minimum Gasteiger partial charge on any atom is -0.392 e. The molecule has 112 valence electrons. The fraction of sp³-hybridized carbons (Fsp3) is 0.0769. The second kappa shape index (κ2) is 6.47. The maximum atomic E-state index is 14.1. The van der Waals surface area contributed by atoms with E-state index in [2.05, 4.69) is 4.72 Å². The Balaban J connectivity index is 2.47. The zero-order chi connectivity index (χ0) is 15.6. The molecule has 2 aromatic rings. The zero-order valence-electron chi connectivity index (χ0n) is 10.5. The van der Waals surface area contributed by atoms with Gasteiger partial charge in [0.25, 0.3) is 10.0 Å². The van der Waals surface area contributed by atoms with Crippen LogP contribution in [0.4, 0.5) is 10.1 Å². The third-order valence-electron chi connectivity index (χ3n) is 2.62. The molecule has 0 atom stereocenters. The first-order chi connectivity index (χ1) is 9.83. The number of hydrogen-bond donors (Lipinski definition) is 2. The van der Waals surface area contributed by atoms with Gasteiger partial charge in [-0.1, -0.05) is 17.7 Å². The highest BCUT2D eigenvalue weighted by Gasteiger charge is 2.22. The quantitative estimate of drug-likeness (QED) is 0.715. The van der Waals surface area contributed by atoms with Crippen LogP contribution in [0.2, 0.25) is 5.02 Å². The SMILES string of the molecule is O=S(=O)(Nc1cccc(I)c1)c1cc(Cl)cc(CO)c1F. The third-order valence-corrected chi connectivity index (χ3v) is 4.89. The third kappa shape index (κ3) is 3.85. The highest BCUT2D eigenvalue weighted by atomic mass is 127. The summed E-state index contributed by atoms with van der Waals surface area (Å²) in [5.74, 6) is -1.01. The first kappa shape index (κ1) is 16.5. The molecule has 0 aliphatic rings. The van der Waals surface area contributed by atoms with Crippen molar-refractivity contribution in [1.29, 1.82) is 0 Å². The van der Waals surface area contributed by atoms with Crippen LogP contribution >= 0.6 is 34.2 Å². The minimum atomic E-state index is -4.14. The van der Waals surface area contributed by atoms with Gasteiger partial charge in [0.1, 0.15) is 10.7 Å². The number of halogens is 3. The molecule has 21 heavy (non-hydrogen) atoms. The number of sulfonamides is 1. The van der Waals surface area contributed by atoms with Crippen molar-refractivity contribution in [3.63, 3.8) is 0 Å². The summed E-state index contributed by atoms with van der Waals surface area (Å²) in [6.45, 7) is -0.641. The van der Waals surface area contributed by atoms with Crippen molar-refractivity contribution in [1.82, 2.24) is 0 Å². The van der Waals surface area contributed by atoms with Crippen LogP contribution in [0, 0.1) is 9.39 Å². The van der Waals surface area contributed by atoms with Gasteiger partial charge in [-0.05, 0) is 52.9 Å². The molecule has 0 saturated heterocycles. The predicted octanol–water partition coefficient (Wildman–Crippen LogP) is 3.38. The van der Waals surface area contributed by atoms with E-state index in [-0.39, 0.29) is 10.6 Å². The van der Waals surface area contributed by atoms with Gasteiger partial charge in [-0.2, -0.15) is 0 Å². The van der Waals surface area contributed by atoms with E-state index in [1.54, 1.807) is 24.3 Å². The fourth-order valence-corrected chi connectivity index (χ4v) is 3.74. The van der Waals surface area contributed by atoms with Crippen molar-refractivity contribution in [2.24, 2.45) is 0 Å². The van der Waals surface area contributed by atoms with Gasteiger partial charge >= 0.3 is 0 Å². The van der Waals surface area contributed by atoms with Crippen molar-refractivity contribution >= 4 is 49.9 Å². The Morgan fingerprint density at radius 2 is 2.00 bits per heavy atom. The lowest BCUT2D eigenvalue weighted by Crippen LogP contribution is -2.15. The molecule has 2 N–H and O–H groups in total. The van der Waals surface area contributed by atoms with E-state index in [1.165, 1.54) is 6.07 Å². The first-order valence-electron chi connectivity index (χ1n) is 5.70. The molecule has 8 heteroatoms. The van der Waals surface area contributed by atoms with Crippen LogP contribution in [-0.4, -0.2) is 13.5 Å². The van der Waals surface area contributed by atoms with Crippen LogP contribution in [0.1, 0.15) is 5.56 Å². The van der Waals surface area contributed by atoms with Gasteiger partial charge in [-0.3, -0.25) is 4.72 Å². The summed E-state index contributed by atoms with van der Waals surface area (Å²) in [6.07, 6.45) is 0. The van der Waals surface area contributed by atoms with Gasteiger partial charge in [-0.15, -0.1) is 0 Å². The minimum absolute atomic E-state index is 0.0310. The molecule has 0 aliphatic heterocycles. The summed E-state index contributed by atoms with van der Waals surface area (Å²) < 4.78 is 41.7. The molecule has 0 aliphatic carbocycles. The smallest absolute Gasteiger partial charge is 0.264 e. The van der Waals surface area contributed by atoms with Crippen molar-refractivity contribution in [2.75, 3.05) is 4.72 Å². The monoisotopic (exact) mass is 441 g/mol. The lowest BCUT2D eigenvalue weighted by molar-refractivity contribution is 0.274. The number of nitrogens with one attached hydrogen (secondary N) is 1. The summed E-state index contributed by atoms with van der Waals surface area (Å²) in [7, 11) is -4.14. The van der Waals surface area contributed by atoms with E-state index in [0.717, 1.165) is 9.64 Å². The van der Waals surface area contributed by atoms with Crippen LogP contribution in [0.25, 0.3) is 0 Å². The molecule has 2 rings (SSSR count). The molecule has 0 bridgehead atoms. The Labute approximate surface area is 140 Å². The van der Waals surface area contributed by atoms with Crippen molar-refractivity contribution in [3.8, 4) is 0 Å². The Morgan fingerprint density at radius 3 is 2.62 bits per heavy atom. The lowest BCUT2D eigenvalue weighted by Gasteiger charge is -2.11.